The minimum Gasteiger partial charge on any atom is -0.457 e. The average Bonchev–Trinajstić information content (AvgIpc) is 3.52. The Bertz CT molecular complexity index is 1340. The lowest BCUT2D eigenvalue weighted by molar-refractivity contribution is -0.151. The van der Waals surface area contributed by atoms with Crippen LogP contribution in [0.4, 0.5) is 9.18 Å². The molecule has 4 rings (SSSR count). The molecule has 0 spiro atoms. The number of nitrogens with zero attached hydrogens (tertiary/aromatic N) is 3. The van der Waals surface area contributed by atoms with Gasteiger partial charge in [0.1, 0.15) is 18.0 Å². The minimum absolute atomic E-state index is 0.113. The Balaban J connectivity index is 1.59. The molecule has 5 atom stereocenters. The molecule has 1 aromatic carbocycles. The van der Waals surface area contributed by atoms with E-state index in [0.717, 1.165) is 32.0 Å². The van der Waals surface area contributed by atoms with Crippen LogP contribution in [0.3, 0.4) is 0 Å². The molecule has 2 saturated heterocycles. The summed E-state index contributed by atoms with van der Waals surface area (Å²) in [6.45, 7) is 9.05. The number of likely N-dealkylation sites (N-methyl/N-ethyl adjacent to an activating group) is 1. The first-order valence-corrected chi connectivity index (χ1v) is 17.0. The zero-order valence-corrected chi connectivity index (χ0v) is 27.0. The van der Waals surface area contributed by atoms with Crippen molar-refractivity contribution in [2.45, 2.75) is 76.1 Å². The molecule has 1 aromatic rings. The lowest BCUT2D eigenvalue weighted by atomic mass is 9.91. The number of hydrogen-bond donors (Lipinski definition) is 1. The number of aliphatic hydroxyl groups is 1. The molecule has 0 saturated carbocycles. The van der Waals surface area contributed by atoms with Crippen LogP contribution in [0.5, 0.6) is 0 Å². The van der Waals surface area contributed by atoms with Gasteiger partial charge in [-0.2, -0.15) is 4.31 Å². The van der Waals surface area contributed by atoms with E-state index in [4.69, 9.17) is 9.47 Å². The van der Waals surface area contributed by atoms with Crippen molar-refractivity contribution in [3.63, 3.8) is 0 Å². The summed E-state index contributed by atoms with van der Waals surface area (Å²) in [5.74, 6) is -1.75. The van der Waals surface area contributed by atoms with E-state index in [-0.39, 0.29) is 29.2 Å². The molecular weight excluding hydrogens is 589 g/mol. The molecule has 0 aliphatic carbocycles. The molecule has 44 heavy (non-hydrogen) atoms. The molecule has 3 heterocycles. The normalized spacial score (nSPS) is 29.4. The fourth-order valence-electron chi connectivity index (χ4n) is 5.87. The summed E-state index contributed by atoms with van der Waals surface area (Å²) in [5.41, 5.74) is 0.891. The van der Waals surface area contributed by atoms with Crippen molar-refractivity contribution in [3.8, 4) is 0 Å². The van der Waals surface area contributed by atoms with Gasteiger partial charge >= 0.3 is 12.1 Å². The number of sulfonamides is 1. The first-order chi connectivity index (χ1) is 20.8. The van der Waals surface area contributed by atoms with Gasteiger partial charge in [-0.15, -0.1) is 0 Å². The van der Waals surface area contributed by atoms with Crippen LogP contribution < -0.4 is 0 Å². The van der Waals surface area contributed by atoms with Gasteiger partial charge in [0.2, 0.25) is 10.0 Å². The number of piperazine rings is 1. The van der Waals surface area contributed by atoms with Gasteiger partial charge in [-0.3, -0.25) is 4.79 Å². The second kappa shape index (κ2) is 15.0. The summed E-state index contributed by atoms with van der Waals surface area (Å²) >= 11 is 0. The molecule has 3 aliphatic heterocycles. The topological polar surface area (TPSA) is 117 Å². The molecule has 12 heteroatoms. The van der Waals surface area contributed by atoms with Crippen molar-refractivity contribution in [1.29, 1.82) is 0 Å². The Morgan fingerprint density at radius 3 is 2.41 bits per heavy atom. The molecule has 0 unspecified atom stereocenters. The van der Waals surface area contributed by atoms with Gasteiger partial charge in [-0.05, 0) is 81.0 Å². The van der Waals surface area contributed by atoms with Crippen LogP contribution in [-0.4, -0.2) is 104 Å². The van der Waals surface area contributed by atoms with Gasteiger partial charge in [0.05, 0.1) is 17.4 Å². The lowest BCUT2D eigenvalue weighted by Gasteiger charge is -2.33. The third kappa shape index (κ3) is 8.89. The van der Waals surface area contributed by atoms with Gasteiger partial charge in [-0.1, -0.05) is 26.0 Å². The molecule has 0 bridgehead atoms. The van der Waals surface area contributed by atoms with Gasteiger partial charge in [-0.25, -0.2) is 17.6 Å². The maximum Gasteiger partial charge on any atom is 0.410 e. The number of ether oxygens (including phenoxy) is 2. The lowest BCUT2D eigenvalue weighted by Crippen LogP contribution is -2.48. The van der Waals surface area contributed by atoms with Crippen LogP contribution in [0, 0.1) is 17.7 Å². The van der Waals surface area contributed by atoms with Crippen LogP contribution in [0.25, 0.3) is 6.08 Å². The average molecular weight is 636 g/mol. The van der Waals surface area contributed by atoms with Gasteiger partial charge in [0.25, 0.3) is 0 Å². The third-order valence-corrected chi connectivity index (χ3v) is 10.6. The smallest absolute Gasteiger partial charge is 0.410 e. The predicted octanol–water partition coefficient (Wildman–Crippen LogP) is 4.05. The maximum absolute atomic E-state index is 14.7. The van der Waals surface area contributed by atoms with E-state index in [2.05, 4.69) is 4.90 Å². The fraction of sp³-hybridized carbons (Fsp3) is 0.625. The molecule has 1 amide bonds. The second-order valence-corrected chi connectivity index (χ2v) is 14.4. The number of amides is 1. The zero-order valence-electron chi connectivity index (χ0n) is 26.2. The van der Waals surface area contributed by atoms with Crippen molar-refractivity contribution in [3.05, 3.63) is 47.3 Å². The summed E-state index contributed by atoms with van der Waals surface area (Å²) in [6.07, 6.45) is 4.82. The summed E-state index contributed by atoms with van der Waals surface area (Å²) in [5, 5.41) is 10.6. The monoisotopic (exact) mass is 635 g/mol. The Labute approximate surface area is 260 Å². The first kappa shape index (κ1) is 34.1. The van der Waals surface area contributed by atoms with E-state index in [1.165, 1.54) is 16.4 Å². The van der Waals surface area contributed by atoms with Crippen LogP contribution in [0.2, 0.25) is 0 Å². The fourth-order valence-corrected chi connectivity index (χ4v) is 7.45. The minimum atomic E-state index is -3.84. The first-order valence-electron chi connectivity index (χ1n) is 15.5. The number of carbonyl (C=O) groups is 2. The Morgan fingerprint density at radius 1 is 1.05 bits per heavy atom. The number of rotatable bonds is 5. The number of halogens is 1. The maximum atomic E-state index is 14.7. The SMILES string of the molecule is C/C(=C\c1cc(F)cc(S(=O)(=O)N2CCCC2)c1)[C@H]1OC(=O)C[C@H](O)CC[C@H](C)[C@@H](OC(=O)N2CCN(C)CC2)/C=C\[C@@H]1C. The van der Waals surface area contributed by atoms with E-state index < -0.39 is 40.1 Å². The van der Waals surface area contributed by atoms with Crippen LogP contribution >= 0.6 is 0 Å². The van der Waals surface area contributed by atoms with Gasteiger partial charge in [0.15, 0.2) is 0 Å². The van der Waals surface area contributed by atoms with Crippen molar-refractivity contribution in [2.75, 3.05) is 46.3 Å². The van der Waals surface area contributed by atoms with E-state index >= 15 is 0 Å². The van der Waals surface area contributed by atoms with E-state index in [0.29, 0.717) is 50.2 Å². The Hall–Kier alpha value is -2.80. The summed E-state index contributed by atoms with van der Waals surface area (Å²) in [4.78, 5) is 29.6. The van der Waals surface area contributed by atoms with Crippen LogP contribution in [0.15, 0.2) is 40.8 Å². The standard InChI is InChI=1S/C32H46FN3O7S/c1-22-7-9-27(37)21-30(38)43-31(23(2)8-10-29(22)42-32(39)35-15-13-34(4)14-16-35)24(3)17-25-18-26(33)20-28(19-25)44(40,41)36-11-5-6-12-36/h8,10,17-20,22-23,27,29,31,37H,5-7,9,11-16,21H2,1-4H3/b10-8-,24-17+/t22-,23-,27+,29-,31-/m0/s1. The van der Waals surface area contributed by atoms with Crippen LogP contribution in [0.1, 0.15) is 58.4 Å². The van der Waals surface area contributed by atoms with Crippen molar-refractivity contribution in [2.24, 2.45) is 11.8 Å². The Morgan fingerprint density at radius 2 is 1.73 bits per heavy atom. The van der Waals surface area contributed by atoms with E-state index in [9.17, 15) is 27.5 Å². The highest BCUT2D eigenvalue weighted by molar-refractivity contribution is 7.89. The number of cyclic esters (lactones) is 1. The molecule has 10 nitrogen and oxygen atoms in total. The molecular formula is C32H46FN3O7S. The highest BCUT2D eigenvalue weighted by Gasteiger charge is 2.30. The predicted molar refractivity (Wildman–Crippen MR) is 165 cm³/mol. The molecule has 0 aromatic heterocycles. The molecule has 2 fully saturated rings. The number of benzene rings is 1. The number of aliphatic hydroxyl groups excluding tert-OH is 1. The zero-order chi connectivity index (χ0) is 32.0. The summed E-state index contributed by atoms with van der Waals surface area (Å²) < 4.78 is 54.1. The summed E-state index contributed by atoms with van der Waals surface area (Å²) in [7, 11) is -1.83. The second-order valence-electron chi connectivity index (χ2n) is 12.4. The molecule has 244 valence electrons. The number of carbonyl (C=O) groups excluding carboxylic acids is 2. The Kier molecular flexibility index (Phi) is 11.6. The van der Waals surface area contributed by atoms with Gasteiger partial charge < -0.3 is 24.4 Å². The van der Waals surface area contributed by atoms with Crippen LogP contribution in [-0.2, 0) is 24.3 Å². The third-order valence-electron chi connectivity index (χ3n) is 8.70. The number of hydrogen-bond acceptors (Lipinski definition) is 8. The van der Waals surface area contributed by atoms with Crippen molar-refractivity contribution in [1.82, 2.24) is 14.1 Å². The molecule has 0 radical (unpaired) electrons. The van der Waals surface area contributed by atoms with E-state index in [1.807, 2.05) is 33.0 Å². The summed E-state index contributed by atoms with van der Waals surface area (Å²) in [6, 6.07) is 3.69. The molecule has 3 aliphatic rings. The molecule has 1 N–H and O–H groups in total. The van der Waals surface area contributed by atoms with Crippen molar-refractivity contribution >= 4 is 28.2 Å². The van der Waals surface area contributed by atoms with E-state index in [1.54, 1.807) is 17.9 Å². The quantitative estimate of drug-likeness (QED) is 0.381. The highest BCUT2D eigenvalue weighted by Crippen LogP contribution is 2.28. The highest BCUT2D eigenvalue weighted by atomic mass is 32.2. The van der Waals surface area contributed by atoms with Crippen molar-refractivity contribution < 1.29 is 37.0 Å². The largest absolute Gasteiger partial charge is 0.457 e. The number of esters is 1. The van der Waals surface area contributed by atoms with Gasteiger partial charge in [0, 0.05) is 45.2 Å².